The van der Waals surface area contributed by atoms with E-state index < -0.39 is 4.92 Å². The Labute approximate surface area is 128 Å². The van der Waals surface area contributed by atoms with E-state index in [9.17, 15) is 10.1 Å². The van der Waals surface area contributed by atoms with E-state index in [-0.39, 0.29) is 5.69 Å². The predicted octanol–water partition coefficient (Wildman–Crippen LogP) is 4.72. The van der Waals surface area contributed by atoms with Crippen LogP contribution in [0.15, 0.2) is 57.4 Å². The minimum absolute atomic E-state index is 0.0466. The largest absolute Gasteiger partial charge is 0.459 e. The van der Waals surface area contributed by atoms with Gasteiger partial charge >= 0.3 is 0 Å². The number of anilines is 1. The summed E-state index contributed by atoms with van der Waals surface area (Å²) in [6, 6.07) is 14.3. The summed E-state index contributed by atoms with van der Waals surface area (Å²) in [4.78, 5) is 10.4. The molecule has 0 aliphatic heterocycles. The average Bonchev–Trinajstić information content (AvgIpc) is 2.89. The second-order valence-corrected chi connectivity index (χ2v) is 5.38. The van der Waals surface area contributed by atoms with Gasteiger partial charge in [0.15, 0.2) is 0 Å². The first kappa shape index (κ1) is 13.6. The number of non-ortho nitro benzene ring substituents is 1. The van der Waals surface area contributed by atoms with Gasteiger partial charge in [-0.2, -0.15) is 0 Å². The molecule has 0 radical (unpaired) electrons. The first-order chi connectivity index (χ1) is 10.1. The molecule has 0 saturated heterocycles. The number of nitrogens with one attached hydrogen (secondary N) is 1. The van der Waals surface area contributed by atoms with Crippen molar-refractivity contribution in [2.75, 3.05) is 5.32 Å². The van der Waals surface area contributed by atoms with Crippen LogP contribution in [-0.2, 0) is 6.54 Å². The quantitative estimate of drug-likeness (QED) is 0.548. The maximum atomic E-state index is 10.8. The van der Waals surface area contributed by atoms with Gasteiger partial charge in [0.2, 0.25) is 0 Å². The van der Waals surface area contributed by atoms with Crippen LogP contribution >= 0.6 is 15.9 Å². The van der Waals surface area contributed by atoms with Gasteiger partial charge in [0, 0.05) is 22.0 Å². The van der Waals surface area contributed by atoms with E-state index in [0.717, 1.165) is 21.2 Å². The molecule has 0 aliphatic carbocycles. The standard InChI is InChI=1S/C15H11BrN2O3/c16-13-6-5-11(18(19)20)8-14(13)17-9-12-7-10-3-1-2-4-15(10)21-12/h1-8,17H,9H2. The van der Waals surface area contributed by atoms with Gasteiger partial charge in [-0.3, -0.25) is 10.1 Å². The van der Waals surface area contributed by atoms with E-state index in [2.05, 4.69) is 21.2 Å². The van der Waals surface area contributed by atoms with E-state index in [1.165, 1.54) is 12.1 Å². The molecule has 0 spiro atoms. The van der Waals surface area contributed by atoms with Crippen molar-refractivity contribution in [1.82, 2.24) is 0 Å². The third kappa shape index (κ3) is 2.90. The highest BCUT2D eigenvalue weighted by Gasteiger charge is 2.10. The van der Waals surface area contributed by atoms with Crippen LogP contribution in [0, 0.1) is 10.1 Å². The van der Waals surface area contributed by atoms with Crippen molar-refractivity contribution < 1.29 is 9.34 Å². The Morgan fingerprint density at radius 2 is 2.00 bits per heavy atom. The van der Waals surface area contributed by atoms with Crippen LogP contribution in [0.2, 0.25) is 0 Å². The van der Waals surface area contributed by atoms with Gasteiger partial charge in [-0.05, 0) is 34.1 Å². The van der Waals surface area contributed by atoms with Crippen LogP contribution in [0.25, 0.3) is 11.0 Å². The third-order valence-electron chi connectivity index (χ3n) is 3.09. The number of halogens is 1. The lowest BCUT2D eigenvalue weighted by Gasteiger charge is -2.06. The predicted molar refractivity (Wildman–Crippen MR) is 84.3 cm³/mol. The summed E-state index contributed by atoms with van der Waals surface area (Å²) in [5.74, 6) is 0.773. The van der Waals surface area contributed by atoms with E-state index in [0.29, 0.717) is 12.2 Å². The number of nitrogens with zero attached hydrogens (tertiary/aromatic N) is 1. The summed E-state index contributed by atoms with van der Waals surface area (Å²) >= 11 is 3.37. The van der Waals surface area contributed by atoms with E-state index >= 15 is 0 Å². The molecule has 106 valence electrons. The molecule has 0 fully saturated rings. The fraction of sp³-hybridized carbons (Fsp3) is 0.0667. The Balaban J connectivity index is 1.80. The summed E-state index contributed by atoms with van der Waals surface area (Å²) < 4.78 is 6.46. The number of nitro groups is 1. The van der Waals surface area contributed by atoms with E-state index in [4.69, 9.17) is 4.42 Å². The molecule has 2 aromatic carbocycles. The molecule has 6 heteroatoms. The molecule has 1 N–H and O–H groups in total. The fourth-order valence-corrected chi connectivity index (χ4v) is 2.46. The summed E-state index contributed by atoms with van der Waals surface area (Å²) in [6.45, 7) is 0.453. The molecule has 0 amide bonds. The molecule has 3 rings (SSSR count). The van der Waals surface area contributed by atoms with Gasteiger partial charge < -0.3 is 9.73 Å². The normalized spacial score (nSPS) is 10.7. The smallest absolute Gasteiger partial charge is 0.271 e. The van der Waals surface area contributed by atoms with Crippen molar-refractivity contribution in [3.63, 3.8) is 0 Å². The Hall–Kier alpha value is -2.34. The Morgan fingerprint density at radius 1 is 1.19 bits per heavy atom. The Kier molecular flexibility index (Phi) is 3.62. The number of rotatable bonds is 4. The van der Waals surface area contributed by atoms with Crippen molar-refractivity contribution in [2.45, 2.75) is 6.54 Å². The third-order valence-corrected chi connectivity index (χ3v) is 3.78. The lowest BCUT2D eigenvalue weighted by atomic mass is 10.2. The van der Waals surface area contributed by atoms with Gasteiger partial charge in [0.1, 0.15) is 11.3 Å². The molecule has 0 unspecified atom stereocenters. The highest BCUT2D eigenvalue weighted by Crippen LogP contribution is 2.28. The maximum Gasteiger partial charge on any atom is 0.271 e. The zero-order valence-electron chi connectivity index (χ0n) is 10.9. The molecule has 0 atom stereocenters. The number of para-hydroxylation sites is 1. The van der Waals surface area contributed by atoms with Crippen LogP contribution < -0.4 is 5.32 Å². The first-order valence-electron chi connectivity index (χ1n) is 6.29. The van der Waals surface area contributed by atoms with Crippen LogP contribution in [0.5, 0.6) is 0 Å². The van der Waals surface area contributed by atoms with Crippen molar-refractivity contribution in [3.05, 3.63) is 68.9 Å². The highest BCUT2D eigenvalue weighted by atomic mass is 79.9. The van der Waals surface area contributed by atoms with Crippen molar-refractivity contribution in [3.8, 4) is 0 Å². The van der Waals surface area contributed by atoms with Gasteiger partial charge in [0.05, 0.1) is 17.2 Å². The minimum atomic E-state index is -0.418. The number of benzene rings is 2. The first-order valence-corrected chi connectivity index (χ1v) is 7.08. The molecule has 1 aromatic heterocycles. The van der Waals surface area contributed by atoms with Crippen molar-refractivity contribution in [2.24, 2.45) is 0 Å². The zero-order chi connectivity index (χ0) is 14.8. The molecular formula is C15H11BrN2O3. The molecule has 0 aliphatic rings. The Bertz CT molecular complexity index is 781. The molecular weight excluding hydrogens is 336 g/mol. The molecule has 21 heavy (non-hydrogen) atoms. The molecule has 5 nitrogen and oxygen atoms in total. The van der Waals surface area contributed by atoms with Crippen molar-refractivity contribution >= 4 is 38.3 Å². The van der Waals surface area contributed by atoms with Gasteiger partial charge in [-0.25, -0.2) is 0 Å². The van der Waals surface area contributed by atoms with Gasteiger partial charge in [0.25, 0.3) is 5.69 Å². The summed E-state index contributed by atoms with van der Waals surface area (Å²) in [7, 11) is 0. The van der Waals surface area contributed by atoms with Crippen molar-refractivity contribution in [1.29, 1.82) is 0 Å². The van der Waals surface area contributed by atoms with Gasteiger partial charge in [-0.1, -0.05) is 18.2 Å². The number of nitro benzene ring substituents is 1. The van der Waals surface area contributed by atoms with E-state index in [1.807, 2.05) is 30.3 Å². The second kappa shape index (κ2) is 5.57. The van der Waals surface area contributed by atoms with E-state index in [1.54, 1.807) is 6.07 Å². The SMILES string of the molecule is O=[N+]([O-])c1ccc(Br)c(NCc2cc3ccccc3o2)c1. The number of hydrogen-bond donors (Lipinski definition) is 1. The number of furan rings is 1. The fourth-order valence-electron chi connectivity index (χ4n) is 2.07. The molecule has 0 bridgehead atoms. The van der Waals surface area contributed by atoms with Crippen LogP contribution in [0.1, 0.15) is 5.76 Å². The van der Waals surface area contributed by atoms with Crippen LogP contribution in [0.3, 0.4) is 0 Å². The lowest BCUT2D eigenvalue weighted by Crippen LogP contribution is -1.99. The highest BCUT2D eigenvalue weighted by molar-refractivity contribution is 9.10. The second-order valence-electron chi connectivity index (χ2n) is 4.53. The topological polar surface area (TPSA) is 68.3 Å². The zero-order valence-corrected chi connectivity index (χ0v) is 12.5. The molecule has 0 saturated carbocycles. The number of hydrogen-bond acceptors (Lipinski definition) is 4. The molecule has 3 aromatic rings. The average molecular weight is 347 g/mol. The van der Waals surface area contributed by atoms with Crippen LogP contribution in [0.4, 0.5) is 11.4 Å². The summed E-state index contributed by atoms with van der Waals surface area (Å²) in [5, 5.41) is 15.0. The number of fused-ring (bicyclic) bond motifs is 1. The van der Waals surface area contributed by atoms with Gasteiger partial charge in [-0.15, -0.1) is 0 Å². The maximum absolute atomic E-state index is 10.8. The summed E-state index contributed by atoms with van der Waals surface area (Å²) in [5.41, 5.74) is 1.53. The Morgan fingerprint density at radius 3 is 2.76 bits per heavy atom. The molecule has 1 heterocycles. The lowest BCUT2D eigenvalue weighted by molar-refractivity contribution is -0.384. The minimum Gasteiger partial charge on any atom is -0.459 e. The monoisotopic (exact) mass is 346 g/mol. The van der Waals surface area contributed by atoms with Crippen LogP contribution in [-0.4, -0.2) is 4.92 Å². The summed E-state index contributed by atoms with van der Waals surface area (Å²) in [6.07, 6.45) is 0.